The van der Waals surface area contributed by atoms with Crippen molar-refractivity contribution < 1.29 is 14.3 Å². The van der Waals surface area contributed by atoms with Crippen LogP contribution in [0.25, 0.3) is 0 Å². The lowest BCUT2D eigenvalue weighted by molar-refractivity contribution is -0.145. The summed E-state index contributed by atoms with van der Waals surface area (Å²) in [6, 6.07) is 10.6. The molecular weight excluding hydrogens is 280 g/mol. The van der Waals surface area contributed by atoms with E-state index in [4.69, 9.17) is 4.74 Å². The average molecular weight is 302 g/mol. The number of esters is 1. The lowest BCUT2D eigenvalue weighted by atomic mass is 10.1. The van der Waals surface area contributed by atoms with Crippen molar-refractivity contribution in [3.8, 4) is 0 Å². The summed E-state index contributed by atoms with van der Waals surface area (Å²) in [5.41, 5.74) is 1.29. The summed E-state index contributed by atoms with van der Waals surface area (Å²) in [4.78, 5) is 28.0. The van der Waals surface area contributed by atoms with E-state index in [0.29, 0.717) is 13.0 Å². The number of benzene rings is 1. The molecule has 0 aliphatic carbocycles. The van der Waals surface area contributed by atoms with E-state index in [0.717, 1.165) is 26.1 Å². The van der Waals surface area contributed by atoms with Crippen LogP contribution >= 0.6 is 0 Å². The van der Waals surface area contributed by atoms with Crippen LogP contribution in [0.1, 0.15) is 18.4 Å². The first-order chi connectivity index (χ1) is 10.7. The van der Waals surface area contributed by atoms with Gasteiger partial charge in [-0.15, -0.1) is 0 Å². The number of carbonyl (C=O) groups excluding carboxylic acids is 2. The van der Waals surface area contributed by atoms with Crippen molar-refractivity contribution in [2.75, 3.05) is 26.7 Å². The highest BCUT2D eigenvalue weighted by atomic mass is 16.5. The summed E-state index contributed by atoms with van der Waals surface area (Å²) < 4.78 is 4.77. The van der Waals surface area contributed by atoms with Gasteiger partial charge in [0.05, 0.1) is 13.0 Å². The number of hydrogen-bond acceptors (Lipinski definition) is 4. The molecule has 118 valence electrons. The molecule has 2 fully saturated rings. The third kappa shape index (κ3) is 3.14. The topological polar surface area (TPSA) is 49.9 Å². The molecule has 0 spiro atoms. The molecule has 2 aliphatic heterocycles. The van der Waals surface area contributed by atoms with Crippen molar-refractivity contribution in [3.63, 3.8) is 0 Å². The Kier molecular flexibility index (Phi) is 4.43. The van der Waals surface area contributed by atoms with Gasteiger partial charge in [-0.2, -0.15) is 0 Å². The molecule has 1 aromatic rings. The van der Waals surface area contributed by atoms with Gasteiger partial charge in [-0.3, -0.25) is 14.5 Å². The molecule has 0 bridgehead atoms. The van der Waals surface area contributed by atoms with Crippen molar-refractivity contribution in [2.45, 2.75) is 25.4 Å². The second-order valence-electron chi connectivity index (χ2n) is 6.13. The van der Waals surface area contributed by atoms with Crippen LogP contribution in [0.3, 0.4) is 0 Å². The smallest absolute Gasteiger partial charge is 0.310 e. The Morgan fingerprint density at radius 2 is 2.05 bits per heavy atom. The van der Waals surface area contributed by atoms with Crippen LogP contribution in [-0.4, -0.2) is 54.5 Å². The van der Waals surface area contributed by atoms with Gasteiger partial charge in [0.25, 0.3) is 0 Å². The Balaban J connectivity index is 1.56. The molecule has 0 saturated carbocycles. The number of methoxy groups -OCH3 is 1. The third-order valence-corrected chi connectivity index (χ3v) is 4.63. The van der Waals surface area contributed by atoms with E-state index in [1.807, 2.05) is 23.1 Å². The fourth-order valence-corrected chi connectivity index (χ4v) is 3.46. The van der Waals surface area contributed by atoms with Crippen molar-refractivity contribution in [1.82, 2.24) is 9.80 Å². The molecule has 2 aliphatic rings. The lowest BCUT2D eigenvalue weighted by Crippen LogP contribution is -2.39. The zero-order valence-electron chi connectivity index (χ0n) is 12.9. The lowest BCUT2D eigenvalue weighted by Gasteiger charge is -2.24. The Morgan fingerprint density at radius 1 is 1.27 bits per heavy atom. The maximum atomic E-state index is 12.2. The van der Waals surface area contributed by atoms with Crippen molar-refractivity contribution in [1.29, 1.82) is 0 Å². The number of ether oxygens (including phenoxy) is 1. The highest BCUT2D eigenvalue weighted by Gasteiger charge is 2.40. The first kappa shape index (κ1) is 15.0. The molecule has 2 atom stereocenters. The number of rotatable bonds is 4. The predicted octanol–water partition coefficient (Wildman–Crippen LogP) is 1.28. The van der Waals surface area contributed by atoms with Gasteiger partial charge in [0.1, 0.15) is 0 Å². The molecule has 22 heavy (non-hydrogen) atoms. The van der Waals surface area contributed by atoms with E-state index in [1.54, 1.807) is 0 Å². The number of carbonyl (C=O) groups is 2. The van der Waals surface area contributed by atoms with Crippen LogP contribution < -0.4 is 0 Å². The molecule has 5 heteroatoms. The number of likely N-dealkylation sites (tertiary alicyclic amines) is 2. The van der Waals surface area contributed by atoms with E-state index in [9.17, 15) is 9.59 Å². The number of amides is 1. The van der Waals surface area contributed by atoms with Gasteiger partial charge in [-0.25, -0.2) is 0 Å². The fourth-order valence-electron chi connectivity index (χ4n) is 3.46. The van der Waals surface area contributed by atoms with Crippen molar-refractivity contribution in [3.05, 3.63) is 35.9 Å². The minimum Gasteiger partial charge on any atom is -0.469 e. The molecule has 3 rings (SSSR count). The van der Waals surface area contributed by atoms with Crippen LogP contribution in [0.2, 0.25) is 0 Å². The molecule has 1 aromatic carbocycles. The van der Waals surface area contributed by atoms with Gasteiger partial charge in [-0.05, 0) is 12.0 Å². The Hall–Kier alpha value is -1.88. The quantitative estimate of drug-likeness (QED) is 0.786. The third-order valence-electron chi connectivity index (χ3n) is 4.63. The van der Waals surface area contributed by atoms with Crippen LogP contribution in [0.15, 0.2) is 30.3 Å². The van der Waals surface area contributed by atoms with Gasteiger partial charge in [-0.1, -0.05) is 30.3 Å². The van der Waals surface area contributed by atoms with Gasteiger partial charge >= 0.3 is 5.97 Å². The monoisotopic (exact) mass is 302 g/mol. The Bertz CT molecular complexity index is 546. The summed E-state index contributed by atoms with van der Waals surface area (Å²) in [6.07, 6.45) is 1.27. The van der Waals surface area contributed by atoms with Crippen LogP contribution in [-0.2, 0) is 20.9 Å². The summed E-state index contributed by atoms with van der Waals surface area (Å²) in [6.45, 7) is 3.30. The second-order valence-corrected chi connectivity index (χ2v) is 6.13. The normalized spacial score (nSPS) is 25.7. The minimum atomic E-state index is -0.291. The molecule has 5 nitrogen and oxygen atoms in total. The molecule has 0 N–H and O–H groups in total. The van der Waals surface area contributed by atoms with Crippen molar-refractivity contribution >= 4 is 11.9 Å². The second kappa shape index (κ2) is 6.48. The van der Waals surface area contributed by atoms with E-state index >= 15 is 0 Å². The molecule has 0 radical (unpaired) electrons. The fraction of sp³-hybridized carbons (Fsp3) is 0.529. The molecule has 2 saturated heterocycles. The first-order valence-corrected chi connectivity index (χ1v) is 7.81. The largest absolute Gasteiger partial charge is 0.469 e. The zero-order valence-corrected chi connectivity index (χ0v) is 12.9. The van der Waals surface area contributed by atoms with Crippen LogP contribution in [0.4, 0.5) is 0 Å². The van der Waals surface area contributed by atoms with Gasteiger partial charge in [0.2, 0.25) is 5.91 Å². The van der Waals surface area contributed by atoms with E-state index in [1.165, 1.54) is 12.7 Å². The predicted molar refractivity (Wildman–Crippen MR) is 82.0 cm³/mol. The standard InChI is InChI=1S/C17H22N2O3/c1-22-17(21)14-9-16(20)19(11-14)15-7-8-18(12-15)10-13-5-3-2-4-6-13/h2-6,14-15H,7-12H2,1H3/t14-,15-/m0/s1. The van der Waals surface area contributed by atoms with Crippen molar-refractivity contribution in [2.24, 2.45) is 5.92 Å². The maximum Gasteiger partial charge on any atom is 0.310 e. The highest BCUT2D eigenvalue weighted by molar-refractivity contribution is 5.87. The SMILES string of the molecule is COC(=O)[C@H]1CC(=O)N([C@H]2CCN(Cc3ccccc3)C2)C1. The Morgan fingerprint density at radius 3 is 2.77 bits per heavy atom. The summed E-state index contributed by atoms with van der Waals surface area (Å²) in [7, 11) is 1.38. The zero-order chi connectivity index (χ0) is 15.5. The first-order valence-electron chi connectivity index (χ1n) is 7.81. The van der Waals surface area contributed by atoms with Gasteiger partial charge < -0.3 is 9.64 Å². The molecule has 0 aromatic heterocycles. The molecule has 1 amide bonds. The average Bonchev–Trinajstić information content (AvgIpc) is 3.14. The molecule has 2 heterocycles. The van der Waals surface area contributed by atoms with E-state index in [2.05, 4.69) is 17.0 Å². The summed E-state index contributed by atoms with van der Waals surface area (Å²) in [5.74, 6) is -0.474. The minimum absolute atomic E-state index is 0.0851. The van der Waals surface area contributed by atoms with Gasteiger partial charge in [0.15, 0.2) is 0 Å². The van der Waals surface area contributed by atoms with E-state index in [-0.39, 0.29) is 23.8 Å². The van der Waals surface area contributed by atoms with Crippen LogP contribution in [0.5, 0.6) is 0 Å². The molecule has 0 unspecified atom stereocenters. The highest BCUT2D eigenvalue weighted by Crippen LogP contribution is 2.26. The molecular formula is C17H22N2O3. The Labute approximate surface area is 130 Å². The number of hydrogen-bond donors (Lipinski definition) is 0. The maximum absolute atomic E-state index is 12.2. The number of nitrogens with zero attached hydrogens (tertiary/aromatic N) is 2. The van der Waals surface area contributed by atoms with Crippen LogP contribution in [0, 0.1) is 5.92 Å². The van der Waals surface area contributed by atoms with Gasteiger partial charge in [0, 0.05) is 38.6 Å². The van der Waals surface area contributed by atoms with E-state index < -0.39 is 0 Å². The summed E-state index contributed by atoms with van der Waals surface area (Å²) in [5, 5.41) is 0. The summed E-state index contributed by atoms with van der Waals surface area (Å²) >= 11 is 0.